The van der Waals surface area contributed by atoms with Crippen LogP contribution in [0.5, 0.6) is 5.75 Å². The summed E-state index contributed by atoms with van der Waals surface area (Å²) in [5.41, 5.74) is 3.22. The summed E-state index contributed by atoms with van der Waals surface area (Å²) in [4.78, 5) is 7.05. The second-order valence-corrected chi connectivity index (χ2v) is 7.78. The lowest BCUT2D eigenvalue weighted by Gasteiger charge is -2.42. The van der Waals surface area contributed by atoms with Gasteiger partial charge in [0.1, 0.15) is 5.75 Å². The molecule has 4 heteroatoms. The van der Waals surface area contributed by atoms with E-state index in [-0.39, 0.29) is 5.92 Å². The number of hydrogen-bond acceptors (Lipinski definition) is 4. The number of rotatable bonds is 4. The zero-order valence-electron chi connectivity index (χ0n) is 16.1. The minimum absolute atomic E-state index is 0.0563. The molecule has 4 nitrogen and oxygen atoms in total. The van der Waals surface area contributed by atoms with Gasteiger partial charge in [-0.05, 0) is 55.9 Å². The van der Waals surface area contributed by atoms with Crippen molar-refractivity contribution in [2.45, 2.75) is 18.4 Å². The maximum Gasteiger partial charge on any atom is 0.119 e. The van der Waals surface area contributed by atoms with Crippen molar-refractivity contribution in [2.24, 2.45) is 5.92 Å². The van der Waals surface area contributed by atoms with Gasteiger partial charge < -0.3 is 14.7 Å². The molecule has 1 aliphatic rings. The summed E-state index contributed by atoms with van der Waals surface area (Å²) < 4.78 is 5.40. The zero-order valence-corrected chi connectivity index (χ0v) is 16.1. The van der Waals surface area contributed by atoms with Crippen LogP contribution >= 0.6 is 0 Å². The van der Waals surface area contributed by atoms with Crippen LogP contribution in [0.4, 0.5) is 0 Å². The molecule has 3 aromatic rings. The van der Waals surface area contributed by atoms with Gasteiger partial charge in [-0.2, -0.15) is 0 Å². The van der Waals surface area contributed by atoms with Crippen LogP contribution in [0.2, 0.25) is 0 Å². The van der Waals surface area contributed by atoms with Crippen molar-refractivity contribution in [2.75, 3.05) is 27.7 Å². The highest BCUT2D eigenvalue weighted by Gasteiger charge is 2.43. The number of aromatic nitrogens is 1. The average Bonchev–Trinajstić information content (AvgIpc) is 2.67. The summed E-state index contributed by atoms with van der Waals surface area (Å²) in [7, 11) is 5.76. The van der Waals surface area contributed by atoms with Crippen molar-refractivity contribution in [1.82, 2.24) is 9.88 Å². The first-order valence-corrected chi connectivity index (χ1v) is 9.39. The fourth-order valence-corrected chi connectivity index (χ4v) is 4.25. The Balaban J connectivity index is 1.82. The molecule has 0 fully saturated rings. The number of nitrogens with zero attached hydrogens (tertiary/aromatic N) is 2. The van der Waals surface area contributed by atoms with Gasteiger partial charge in [0.15, 0.2) is 0 Å². The van der Waals surface area contributed by atoms with Gasteiger partial charge in [0.25, 0.3) is 0 Å². The average molecular weight is 362 g/mol. The number of hydrogen-bond donors (Lipinski definition) is 1. The van der Waals surface area contributed by atoms with Gasteiger partial charge in [-0.25, -0.2) is 0 Å². The summed E-state index contributed by atoms with van der Waals surface area (Å²) >= 11 is 0. The second-order valence-electron chi connectivity index (χ2n) is 7.78. The van der Waals surface area contributed by atoms with Crippen molar-refractivity contribution in [3.63, 3.8) is 0 Å². The Morgan fingerprint density at radius 2 is 1.96 bits per heavy atom. The van der Waals surface area contributed by atoms with Gasteiger partial charge >= 0.3 is 0 Å². The van der Waals surface area contributed by atoms with Crippen molar-refractivity contribution in [1.29, 1.82) is 0 Å². The SMILES string of the molecule is COc1cccc([C@]2(O)Cc3cc4ccccc4nc3C[C@H]2CN(C)C)c1. The van der Waals surface area contributed by atoms with E-state index < -0.39 is 5.60 Å². The Morgan fingerprint density at radius 1 is 1.15 bits per heavy atom. The quantitative estimate of drug-likeness (QED) is 0.773. The minimum atomic E-state index is -0.948. The molecule has 0 aliphatic heterocycles. The van der Waals surface area contributed by atoms with Crippen LogP contribution in [-0.4, -0.2) is 42.7 Å². The Labute approximate surface area is 160 Å². The van der Waals surface area contributed by atoms with Gasteiger partial charge in [0.2, 0.25) is 0 Å². The highest BCUT2D eigenvalue weighted by Crippen LogP contribution is 2.42. The van der Waals surface area contributed by atoms with Crippen molar-refractivity contribution in [3.8, 4) is 5.75 Å². The molecular formula is C23H26N2O2. The first-order valence-electron chi connectivity index (χ1n) is 9.39. The molecule has 4 rings (SSSR count). The molecule has 1 aromatic heterocycles. The van der Waals surface area contributed by atoms with Gasteiger partial charge in [-0.1, -0.05) is 30.3 Å². The lowest BCUT2D eigenvalue weighted by atomic mass is 9.70. The molecule has 27 heavy (non-hydrogen) atoms. The van der Waals surface area contributed by atoms with Crippen molar-refractivity contribution in [3.05, 3.63) is 71.4 Å². The van der Waals surface area contributed by atoms with Gasteiger partial charge in [0.05, 0.1) is 18.2 Å². The highest BCUT2D eigenvalue weighted by molar-refractivity contribution is 5.79. The number of methoxy groups -OCH3 is 1. The highest BCUT2D eigenvalue weighted by atomic mass is 16.5. The number of aliphatic hydroxyl groups is 1. The van der Waals surface area contributed by atoms with E-state index >= 15 is 0 Å². The molecule has 1 heterocycles. The topological polar surface area (TPSA) is 45.6 Å². The van der Waals surface area contributed by atoms with Crippen LogP contribution in [-0.2, 0) is 18.4 Å². The van der Waals surface area contributed by atoms with Crippen molar-refractivity contribution < 1.29 is 9.84 Å². The van der Waals surface area contributed by atoms with E-state index in [4.69, 9.17) is 9.72 Å². The van der Waals surface area contributed by atoms with Crippen LogP contribution in [0.15, 0.2) is 54.6 Å². The fraction of sp³-hybridized carbons (Fsp3) is 0.348. The minimum Gasteiger partial charge on any atom is -0.497 e. The molecular weight excluding hydrogens is 336 g/mol. The predicted molar refractivity (Wildman–Crippen MR) is 108 cm³/mol. The third-order valence-electron chi connectivity index (χ3n) is 5.62. The molecule has 1 aliphatic carbocycles. The first-order chi connectivity index (χ1) is 13.0. The third kappa shape index (κ3) is 3.31. The van der Waals surface area contributed by atoms with E-state index in [1.54, 1.807) is 7.11 Å². The Morgan fingerprint density at radius 3 is 2.74 bits per heavy atom. The summed E-state index contributed by atoms with van der Waals surface area (Å²) in [6.07, 6.45) is 1.32. The molecule has 0 bridgehead atoms. The molecule has 0 amide bonds. The molecule has 2 atom stereocenters. The summed E-state index contributed by atoms with van der Waals surface area (Å²) in [5.74, 6) is 0.827. The molecule has 140 valence electrons. The van der Waals surface area contributed by atoms with E-state index in [2.05, 4.69) is 37.2 Å². The molecule has 0 saturated carbocycles. The zero-order chi connectivity index (χ0) is 19.0. The summed E-state index contributed by atoms with van der Waals surface area (Å²) in [6, 6.07) is 18.2. The Bertz CT molecular complexity index is 970. The molecule has 0 saturated heterocycles. The number of ether oxygens (including phenoxy) is 1. The summed E-state index contributed by atoms with van der Waals surface area (Å²) in [6.45, 7) is 0.793. The van der Waals surface area contributed by atoms with Crippen LogP contribution in [0, 0.1) is 5.92 Å². The van der Waals surface area contributed by atoms with Crippen molar-refractivity contribution >= 4 is 10.9 Å². The first kappa shape index (κ1) is 18.0. The number of pyridine rings is 1. The lowest BCUT2D eigenvalue weighted by Crippen LogP contribution is -2.46. The summed E-state index contributed by atoms with van der Waals surface area (Å²) in [5, 5.41) is 13.0. The van der Waals surface area contributed by atoms with Gasteiger partial charge in [-0.3, -0.25) is 4.98 Å². The molecule has 0 unspecified atom stereocenters. The van der Waals surface area contributed by atoms with E-state index in [1.807, 2.05) is 36.4 Å². The smallest absolute Gasteiger partial charge is 0.119 e. The van der Waals surface area contributed by atoms with Gasteiger partial charge in [-0.15, -0.1) is 0 Å². The molecule has 0 spiro atoms. The van der Waals surface area contributed by atoms with E-state index in [0.29, 0.717) is 6.42 Å². The maximum atomic E-state index is 11.9. The van der Waals surface area contributed by atoms with E-state index in [1.165, 1.54) is 0 Å². The maximum absolute atomic E-state index is 11.9. The predicted octanol–water partition coefficient (Wildman–Crippen LogP) is 3.41. The third-order valence-corrected chi connectivity index (χ3v) is 5.62. The lowest BCUT2D eigenvalue weighted by molar-refractivity contribution is -0.0400. The van der Waals surface area contributed by atoms with Gasteiger partial charge in [0, 0.05) is 30.0 Å². The molecule has 1 N–H and O–H groups in total. The van der Waals surface area contributed by atoms with Crippen LogP contribution in [0.1, 0.15) is 16.8 Å². The Hall–Kier alpha value is -2.43. The monoisotopic (exact) mass is 362 g/mol. The van der Waals surface area contributed by atoms with Crippen LogP contribution in [0.3, 0.4) is 0 Å². The number of fused-ring (bicyclic) bond motifs is 2. The Kier molecular flexibility index (Phi) is 4.62. The van der Waals surface area contributed by atoms with E-state index in [9.17, 15) is 5.11 Å². The second kappa shape index (κ2) is 6.95. The normalized spacial score (nSPS) is 22.0. The fourth-order valence-electron chi connectivity index (χ4n) is 4.25. The molecule has 0 radical (unpaired) electrons. The van der Waals surface area contributed by atoms with Crippen LogP contribution in [0.25, 0.3) is 10.9 Å². The van der Waals surface area contributed by atoms with Crippen LogP contribution < -0.4 is 4.74 Å². The largest absolute Gasteiger partial charge is 0.497 e. The standard InChI is InChI=1S/C23H26N2O2/c1-25(2)15-19-13-22-17(11-16-7-4-5-10-21(16)24-22)14-23(19,26)18-8-6-9-20(12-18)27-3/h4-12,19,26H,13-15H2,1-3H3/t19-,23+/m0/s1. The number of benzene rings is 2. The molecule has 2 aromatic carbocycles. The number of para-hydroxylation sites is 1. The van der Waals surface area contributed by atoms with E-state index in [0.717, 1.165) is 46.4 Å².